The molecular weight excluding hydrogens is 302 g/mol. The molecule has 0 spiro atoms. The molecule has 0 radical (unpaired) electrons. The highest BCUT2D eigenvalue weighted by molar-refractivity contribution is 5.52. The maximum atomic E-state index is 5.80. The molecule has 2 aromatic rings. The Kier molecular flexibility index (Phi) is 5.26. The predicted molar refractivity (Wildman–Crippen MR) is 95.3 cm³/mol. The second-order valence-electron chi connectivity index (χ2n) is 5.77. The van der Waals surface area contributed by atoms with Gasteiger partial charge in [-0.05, 0) is 61.2 Å². The molecule has 1 atom stereocenters. The van der Waals surface area contributed by atoms with E-state index in [9.17, 15) is 0 Å². The molecule has 128 valence electrons. The van der Waals surface area contributed by atoms with E-state index in [1.807, 2.05) is 26.0 Å². The molecular formula is C20H25NO3. The zero-order valence-corrected chi connectivity index (χ0v) is 14.6. The number of ether oxygens (including phenoxy) is 3. The topological polar surface area (TPSA) is 39.7 Å². The van der Waals surface area contributed by atoms with Gasteiger partial charge in [0.25, 0.3) is 0 Å². The molecule has 3 rings (SSSR count). The molecule has 0 aliphatic carbocycles. The number of rotatable bonds is 6. The molecule has 4 heteroatoms. The van der Waals surface area contributed by atoms with Crippen molar-refractivity contribution < 1.29 is 14.2 Å². The second-order valence-corrected chi connectivity index (χ2v) is 5.77. The molecule has 1 aliphatic rings. The minimum Gasteiger partial charge on any atom is -0.497 e. The van der Waals surface area contributed by atoms with Gasteiger partial charge in [-0.1, -0.05) is 12.1 Å². The van der Waals surface area contributed by atoms with E-state index in [2.05, 4.69) is 29.6 Å². The van der Waals surface area contributed by atoms with E-state index in [0.29, 0.717) is 13.2 Å². The van der Waals surface area contributed by atoms with Crippen LogP contribution in [0.1, 0.15) is 36.6 Å². The summed E-state index contributed by atoms with van der Waals surface area (Å²) in [4.78, 5) is 0. The number of methoxy groups -OCH3 is 1. The van der Waals surface area contributed by atoms with Gasteiger partial charge in [0.05, 0.1) is 26.4 Å². The van der Waals surface area contributed by atoms with Crippen LogP contribution in [0.2, 0.25) is 0 Å². The Bertz CT molecular complexity index is 682. The molecule has 1 aliphatic heterocycles. The minimum absolute atomic E-state index is 0.162. The van der Waals surface area contributed by atoms with E-state index in [0.717, 1.165) is 30.2 Å². The van der Waals surface area contributed by atoms with E-state index in [-0.39, 0.29) is 6.04 Å². The van der Waals surface area contributed by atoms with Crippen molar-refractivity contribution >= 4 is 0 Å². The summed E-state index contributed by atoms with van der Waals surface area (Å²) in [7, 11) is 1.69. The standard InChI is InChI=1S/C20H25NO3/c1-4-23-18-12-15-10-11-21-20(17(15)13-19(18)24-5-2)14-6-8-16(22-3)9-7-14/h6-9,12-13,20-21H,4-5,10-11H2,1-3H3. The van der Waals surface area contributed by atoms with Gasteiger partial charge in [-0.25, -0.2) is 0 Å². The molecule has 1 unspecified atom stereocenters. The van der Waals surface area contributed by atoms with Gasteiger partial charge >= 0.3 is 0 Å². The molecule has 1 heterocycles. The average molecular weight is 327 g/mol. The monoisotopic (exact) mass is 327 g/mol. The van der Waals surface area contributed by atoms with E-state index >= 15 is 0 Å². The first-order chi connectivity index (χ1) is 11.8. The lowest BCUT2D eigenvalue weighted by atomic mass is 9.89. The van der Waals surface area contributed by atoms with Gasteiger partial charge in [0, 0.05) is 6.54 Å². The van der Waals surface area contributed by atoms with Crippen molar-refractivity contribution in [3.8, 4) is 17.2 Å². The summed E-state index contributed by atoms with van der Waals surface area (Å²) in [5.41, 5.74) is 3.81. The van der Waals surface area contributed by atoms with Gasteiger partial charge in [-0.15, -0.1) is 0 Å². The molecule has 0 bridgehead atoms. The quantitative estimate of drug-likeness (QED) is 0.877. The lowest BCUT2D eigenvalue weighted by Crippen LogP contribution is -2.30. The normalized spacial score (nSPS) is 16.4. The summed E-state index contributed by atoms with van der Waals surface area (Å²) < 4.78 is 16.8. The smallest absolute Gasteiger partial charge is 0.161 e. The average Bonchev–Trinajstić information content (AvgIpc) is 2.62. The van der Waals surface area contributed by atoms with Crippen LogP contribution >= 0.6 is 0 Å². The minimum atomic E-state index is 0.162. The van der Waals surface area contributed by atoms with Crippen molar-refractivity contribution in [2.45, 2.75) is 26.3 Å². The Morgan fingerprint density at radius 1 is 1.00 bits per heavy atom. The highest BCUT2D eigenvalue weighted by Gasteiger charge is 2.24. The Hall–Kier alpha value is -2.20. The van der Waals surface area contributed by atoms with Crippen LogP contribution in [0.25, 0.3) is 0 Å². The number of nitrogens with one attached hydrogen (secondary N) is 1. The van der Waals surface area contributed by atoms with Crippen molar-refractivity contribution in [1.29, 1.82) is 0 Å². The predicted octanol–water partition coefficient (Wildman–Crippen LogP) is 3.73. The molecule has 0 amide bonds. The summed E-state index contributed by atoms with van der Waals surface area (Å²) in [5.74, 6) is 2.53. The van der Waals surface area contributed by atoms with Gasteiger partial charge in [-0.3, -0.25) is 0 Å². The van der Waals surface area contributed by atoms with E-state index in [1.54, 1.807) is 7.11 Å². The van der Waals surface area contributed by atoms with Gasteiger partial charge in [0.15, 0.2) is 11.5 Å². The highest BCUT2D eigenvalue weighted by Crippen LogP contribution is 2.38. The van der Waals surface area contributed by atoms with Crippen molar-refractivity contribution in [3.05, 3.63) is 53.1 Å². The first kappa shape index (κ1) is 16.7. The van der Waals surface area contributed by atoms with Crippen molar-refractivity contribution in [2.75, 3.05) is 26.9 Å². The maximum Gasteiger partial charge on any atom is 0.161 e. The fourth-order valence-electron chi connectivity index (χ4n) is 3.19. The lowest BCUT2D eigenvalue weighted by molar-refractivity contribution is 0.286. The third-order valence-corrected chi connectivity index (χ3v) is 4.31. The molecule has 0 saturated carbocycles. The van der Waals surface area contributed by atoms with Crippen LogP contribution in [0.15, 0.2) is 36.4 Å². The summed E-state index contributed by atoms with van der Waals surface area (Å²) >= 11 is 0. The van der Waals surface area contributed by atoms with Gasteiger partial charge in [0.1, 0.15) is 5.75 Å². The zero-order chi connectivity index (χ0) is 16.9. The molecule has 0 fully saturated rings. The van der Waals surface area contributed by atoms with Crippen LogP contribution in [0, 0.1) is 0 Å². The van der Waals surface area contributed by atoms with Crippen LogP contribution in [0.3, 0.4) is 0 Å². The fraction of sp³-hybridized carbons (Fsp3) is 0.400. The zero-order valence-electron chi connectivity index (χ0n) is 14.6. The molecule has 0 saturated heterocycles. The number of fused-ring (bicyclic) bond motifs is 1. The molecule has 2 aromatic carbocycles. The second kappa shape index (κ2) is 7.58. The van der Waals surface area contributed by atoms with Crippen LogP contribution in [0.4, 0.5) is 0 Å². The Balaban J connectivity index is 2.00. The van der Waals surface area contributed by atoms with Crippen molar-refractivity contribution in [1.82, 2.24) is 5.32 Å². The SMILES string of the molecule is CCOc1cc2c(cc1OCC)C(c1ccc(OC)cc1)NCC2. The van der Waals surface area contributed by atoms with Crippen molar-refractivity contribution in [2.24, 2.45) is 0 Å². The number of benzene rings is 2. The fourth-order valence-corrected chi connectivity index (χ4v) is 3.19. The van der Waals surface area contributed by atoms with Gasteiger partial charge in [0.2, 0.25) is 0 Å². The van der Waals surface area contributed by atoms with Gasteiger partial charge < -0.3 is 19.5 Å². The molecule has 24 heavy (non-hydrogen) atoms. The first-order valence-corrected chi connectivity index (χ1v) is 8.56. The molecule has 4 nitrogen and oxygen atoms in total. The largest absolute Gasteiger partial charge is 0.497 e. The summed E-state index contributed by atoms with van der Waals surface area (Å²) in [6, 6.07) is 12.7. The van der Waals surface area contributed by atoms with Crippen LogP contribution in [-0.2, 0) is 6.42 Å². The highest BCUT2D eigenvalue weighted by atomic mass is 16.5. The Morgan fingerprint density at radius 2 is 1.67 bits per heavy atom. The Labute approximate surface area is 143 Å². The number of hydrogen-bond acceptors (Lipinski definition) is 4. The van der Waals surface area contributed by atoms with Crippen LogP contribution in [0.5, 0.6) is 17.2 Å². The lowest BCUT2D eigenvalue weighted by Gasteiger charge is -2.29. The number of hydrogen-bond donors (Lipinski definition) is 1. The third-order valence-electron chi connectivity index (χ3n) is 4.31. The van der Waals surface area contributed by atoms with Gasteiger partial charge in [-0.2, -0.15) is 0 Å². The summed E-state index contributed by atoms with van der Waals surface area (Å²) in [5, 5.41) is 3.61. The first-order valence-electron chi connectivity index (χ1n) is 8.56. The van der Waals surface area contributed by atoms with Crippen molar-refractivity contribution in [3.63, 3.8) is 0 Å². The van der Waals surface area contributed by atoms with E-state index in [4.69, 9.17) is 14.2 Å². The van der Waals surface area contributed by atoms with E-state index in [1.165, 1.54) is 16.7 Å². The maximum absolute atomic E-state index is 5.80. The van der Waals surface area contributed by atoms with Crippen LogP contribution in [-0.4, -0.2) is 26.9 Å². The Morgan fingerprint density at radius 3 is 2.29 bits per heavy atom. The molecule has 1 N–H and O–H groups in total. The summed E-state index contributed by atoms with van der Waals surface area (Å²) in [6.45, 7) is 6.20. The van der Waals surface area contributed by atoms with E-state index < -0.39 is 0 Å². The van der Waals surface area contributed by atoms with Crippen LogP contribution < -0.4 is 19.5 Å². The summed E-state index contributed by atoms with van der Waals surface area (Å²) in [6.07, 6.45) is 0.995. The third kappa shape index (κ3) is 3.34. The molecule has 0 aromatic heterocycles.